The molecule has 8 heteroatoms. The van der Waals surface area contributed by atoms with E-state index in [0.717, 1.165) is 5.69 Å². The molecule has 2 aromatic rings. The Morgan fingerprint density at radius 3 is 2.76 bits per heavy atom. The molecule has 0 aliphatic rings. The fraction of sp³-hybridized carbons (Fsp3) is 0. The number of nitro groups is 1. The predicted octanol–water partition coefficient (Wildman–Crippen LogP) is 2.08. The summed E-state index contributed by atoms with van der Waals surface area (Å²) in [4.78, 5) is 14.3. The third-order valence-corrected chi connectivity index (χ3v) is 2.65. The first-order chi connectivity index (χ1) is 8.19. The second kappa shape index (κ2) is 4.76. The zero-order chi connectivity index (χ0) is 12.3. The van der Waals surface area contributed by atoms with E-state index in [9.17, 15) is 10.1 Å². The van der Waals surface area contributed by atoms with Gasteiger partial charge in [0.1, 0.15) is 11.6 Å². The van der Waals surface area contributed by atoms with Crippen molar-refractivity contribution in [2.75, 3.05) is 10.7 Å². The monoisotopic (exact) mass is 251 g/mol. The number of thiophene rings is 1. The van der Waals surface area contributed by atoms with Crippen molar-refractivity contribution in [3.05, 3.63) is 39.1 Å². The standard InChI is InChI=1S/C9H9N5O2S/c10-13-9-4-7(14(15)16)3-8(12-9)11-6-1-2-17-5-6/h1-5H,10H2,(H2,11,12,13). The van der Waals surface area contributed by atoms with Gasteiger partial charge in [0, 0.05) is 5.38 Å². The first-order valence-corrected chi connectivity index (χ1v) is 5.55. The molecule has 0 fully saturated rings. The first-order valence-electron chi connectivity index (χ1n) is 4.61. The molecule has 0 radical (unpaired) electrons. The van der Waals surface area contributed by atoms with Crippen LogP contribution in [0.1, 0.15) is 0 Å². The summed E-state index contributed by atoms with van der Waals surface area (Å²) in [5, 5.41) is 17.4. The molecule has 0 saturated carbocycles. The number of hydrogen-bond acceptors (Lipinski definition) is 7. The van der Waals surface area contributed by atoms with Crippen LogP contribution in [-0.4, -0.2) is 9.91 Å². The van der Waals surface area contributed by atoms with Crippen molar-refractivity contribution in [2.24, 2.45) is 5.84 Å². The maximum Gasteiger partial charge on any atom is 0.276 e. The third kappa shape index (κ3) is 2.68. The number of hydrazine groups is 1. The summed E-state index contributed by atoms with van der Waals surface area (Å²) >= 11 is 1.51. The molecule has 0 spiro atoms. The molecule has 0 saturated heterocycles. The zero-order valence-electron chi connectivity index (χ0n) is 8.58. The number of nitrogens with zero attached hydrogens (tertiary/aromatic N) is 2. The van der Waals surface area contributed by atoms with Gasteiger partial charge in [-0.2, -0.15) is 11.3 Å². The maximum atomic E-state index is 10.7. The Morgan fingerprint density at radius 2 is 2.18 bits per heavy atom. The maximum absolute atomic E-state index is 10.7. The highest BCUT2D eigenvalue weighted by atomic mass is 32.1. The van der Waals surface area contributed by atoms with E-state index >= 15 is 0 Å². The van der Waals surface area contributed by atoms with Gasteiger partial charge in [-0.3, -0.25) is 10.1 Å². The number of pyridine rings is 1. The molecule has 0 aliphatic heterocycles. The topological polar surface area (TPSA) is 106 Å². The zero-order valence-corrected chi connectivity index (χ0v) is 9.40. The highest BCUT2D eigenvalue weighted by molar-refractivity contribution is 7.08. The van der Waals surface area contributed by atoms with Crippen LogP contribution in [0.4, 0.5) is 23.0 Å². The second-order valence-corrected chi connectivity index (χ2v) is 3.91. The summed E-state index contributed by atoms with van der Waals surface area (Å²) in [6.07, 6.45) is 0. The van der Waals surface area contributed by atoms with Crippen LogP contribution in [0.3, 0.4) is 0 Å². The van der Waals surface area contributed by atoms with Crippen LogP contribution >= 0.6 is 11.3 Å². The molecule has 0 atom stereocenters. The van der Waals surface area contributed by atoms with E-state index in [1.807, 2.05) is 16.8 Å². The Morgan fingerprint density at radius 1 is 1.41 bits per heavy atom. The van der Waals surface area contributed by atoms with Crippen molar-refractivity contribution >= 4 is 34.3 Å². The SMILES string of the molecule is NNc1cc([N+](=O)[O-])cc(Nc2ccsc2)n1. The van der Waals surface area contributed by atoms with Gasteiger partial charge in [0.05, 0.1) is 22.7 Å². The number of rotatable bonds is 4. The van der Waals surface area contributed by atoms with Crippen LogP contribution in [0.2, 0.25) is 0 Å². The molecule has 0 amide bonds. The molecule has 2 heterocycles. The van der Waals surface area contributed by atoms with E-state index in [1.165, 1.54) is 23.5 Å². The van der Waals surface area contributed by atoms with Gasteiger partial charge in [-0.15, -0.1) is 0 Å². The fourth-order valence-electron chi connectivity index (χ4n) is 1.24. The minimum atomic E-state index is -0.499. The van der Waals surface area contributed by atoms with Gasteiger partial charge in [0.2, 0.25) is 0 Å². The van der Waals surface area contributed by atoms with E-state index in [4.69, 9.17) is 5.84 Å². The van der Waals surface area contributed by atoms with Gasteiger partial charge in [-0.1, -0.05) is 0 Å². The summed E-state index contributed by atoms with van der Waals surface area (Å²) in [5.41, 5.74) is 3.04. The Balaban J connectivity index is 2.33. The molecule has 88 valence electrons. The van der Waals surface area contributed by atoms with Crippen LogP contribution in [0, 0.1) is 10.1 Å². The number of hydrogen-bond donors (Lipinski definition) is 3. The van der Waals surface area contributed by atoms with Crippen molar-refractivity contribution < 1.29 is 4.92 Å². The highest BCUT2D eigenvalue weighted by Gasteiger charge is 2.10. The fourth-order valence-corrected chi connectivity index (χ4v) is 1.83. The molecule has 0 unspecified atom stereocenters. The normalized spacial score (nSPS) is 9.94. The number of aromatic nitrogens is 1. The molecular weight excluding hydrogens is 242 g/mol. The Hall–Kier alpha value is -2.19. The molecule has 4 N–H and O–H groups in total. The van der Waals surface area contributed by atoms with Gasteiger partial charge in [0.25, 0.3) is 5.69 Å². The van der Waals surface area contributed by atoms with Crippen molar-refractivity contribution in [1.82, 2.24) is 4.98 Å². The van der Waals surface area contributed by atoms with Gasteiger partial charge in [0.15, 0.2) is 0 Å². The minimum absolute atomic E-state index is 0.0781. The summed E-state index contributed by atoms with van der Waals surface area (Å²) in [5.74, 6) is 5.80. The molecule has 7 nitrogen and oxygen atoms in total. The van der Waals surface area contributed by atoms with E-state index in [2.05, 4.69) is 15.7 Å². The molecule has 0 bridgehead atoms. The summed E-state index contributed by atoms with van der Waals surface area (Å²) in [7, 11) is 0. The van der Waals surface area contributed by atoms with Crippen molar-refractivity contribution in [3.8, 4) is 0 Å². The van der Waals surface area contributed by atoms with Crippen LogP contribution in [-0.2, 0) is 0 Å². The van der Waals surface area contributed by atoms with Gasteiger partial charge in [-0.05, 0) is 11.4 Å². The second-order valence-electron chi connectivity index (χ2n) is 3.13. The molecule has 0 aromatic carbocycles. The first kappa shape index (κ1) is 11.3. The number of anilines is 3. The quantitative estimate of drug-likeness (QED) is 0.436. The van der Waals surface area contributed by atoms with Crippen molar-refractivity contribution in [2.45, 2.75) is 0 Å². The van der Waals surface area contributed by atoms with Gasteiger partial charge < -0.3 is 10.7 Å². The molecule has 17 heavy (non-hydrogen) atoms. The number of nitrogens with one attached hydrogen (secondary N) is 2. The van der Waals surface area contributed by atoms with Gasteiger partial charge >= 0.3 is 0 Å². The molecular formula is C9H9N5O2S. The summed E-state index contributed by atoms with van der Waals surface area (Å²) in [6, 6.07) is 4.46. The van der Waals surface area contributed by atoms with Crippen LogP contribution in [0.5, 0.6) is 0 Å². The van der Waals surface area contributed by atoms with Crippen LogP contribution in [0.25, 0.3) is 0 Å². The average Bonchev–Trinajstić information content (AvgIpc) is 2.81. The molecule has 2 aromatic heterocycles. The summed E-state index contributed by atoms with van der Waals surface area (Å²) < 4.78 is 0. The number of nitrogen functional groups attached to an aromatic ring is 1. The van der Waals surface area contributed by atoms with Crippen LogP contribution < -0.4 is 16.6 Å². The van der Waals surface area contributed by atoms with E-state index in [-0.39, 0.29) is 11.5 Å². The van der Waals surface area contributed by atoms with Crippen molar-refractivity contribution in [1.29, 1.82) is 0 Å². The van der Waals surface area contributed by atoms with Crippen molar-refractivity contribution in [3.63, 3.8) is 0 Å². The lowest BCUT2D eigenvalue weighted by molar-refractivity contribution is -0.384. The van der Waals surface area contributed by atoms with Crippen LogP contribution in [0.15, 0.2) is 29.0 Å². The Labute approximate surface area is 100 Å². The lowest BCUT2D eigenvalue weighted by Crippen LogP contribution is -2.09. The lowest BCUT2D eigenvalue weighted by atomic mass is 10.3. The van der Waals surface area contributed by atoms with E-state index in [1.54, 1.807) is 0 Å². The van der Waals surface area contributed by atoms with E-state index in [0.29, 0.717) is 5.82 Å². The Kier molecular flexibility index (Phi) is 3.17. The van der Waals surface area contributed by atoms with Gasteiger partial charge in [-0.25, -0.2) is 10.8 Å². The third-order valence-electron chi connectivity index (χ3n) is 1.96. The Bertz CT molecular complexity index is 528. The largest absolute Gasteiger partial charge is 0.339 e. The minimum Gasteiger partial charge on any atom is -0.339 e. The summed E-state index contributed by atoms with van der Waals surface area (Å²) in [6.45, 7) is 0. The number of nitrogens with two attached hydrogens (primary N) is 1. The smallest absolute Gasteiger partial charge is 0.276 e. The highest BCUT2D eigenvalue weighted by Crippen LogP contribution is 2.23. The molecule has 2 rings (SSSR count). The predicted molar refractivity (Wildman–Crippen MR) is 66.3 cm³/mol. The molecule has 0 aliphatic carbocycles. The van der Waals surface area contributed by atoms with E-state index < -0.39 is 4.92 Å². The average molecular weight is 251 g/mol. The lowest BCUT2D eigenvalue weighted by Gasteiger charge is -2.05.